The smallest absolute Gasteiger partial charge is 0.177 e. The fraction of sp³-hybridized carbons (Fsp3) is 1.00. The van der Waals surface area contributed by atoms with Crippen LogP contribution in [0.25, 0.3) is 0 Å². The molecule has 1 fully saturated rings. The summed E-state index contributed by atoms with van der Waals surface area (Å²) >= 11 is 5.29. The number of hydrogen-bond acceptors (Lipinski definition) is 2. The third-order valence-electron chi connectivity index (χ3n) is 0.694. The van der Waals surface area contributed by atoms with Gasteiger partial charge in [-0.15, -0.1) is 0 Å². The summed E-state index contributed by atoms with van der Waals surface area (Å²) in [5, 5.41) is 0. The van der Waals surface area contributed by atoms with Crippen LogP contribution < -0.4 is 0 Å². The van der Waals surface area contributed by atoms with Gasteiger partial charge in [0.05, 0.1) is 0 Å². The fourth-order valence-corrected chi connectivity index (χ4v) is 0.345. The van der Waals surface area contributed by atoms with Crippen molar-refractivity contribution < 1.29 is 4.84 Å². The Kier molecular flexibility index (Phi) is 0.645. The van der Waals surface area contributed by atoms with E-state index in [0.717, 1.165) is 0 Å². The lowest BCUT2D eigenvalue weighted by Crippen LogP contribution is -1.97. The molecule has 1 saturated heterocycles. The first-order chi connectivity index (χ1) is 2.63. The summed E-state index contributed by atoms with van der Waals surface area (Å²) in [6.45, 7) is 3.78. The summed E-state index contributed by atoms with van der Waals surface area (Å²) in [7, 11) is 0. The minimum Gasteiger partial charge on any atom is -0.255 e. The zero-order valence-corrected chi connectivity index (χ0v) is 4.49. The van der Waals surface area contributed by atoms with E-state index < -0.39 is 0 Å². The van der Waals surface area contributed by atoms with E-state index in [4.69, 9.17) is 16.6 Å². The third-order valence-corrected chi connectivity index (χ3v) is 1.17. The molecular weight excluding hydrogens is 101 g/mol. The molecule has 36 valence electrons. The molecule has 1 unspecified atom stereocenters. The summed E-state index contributed by atoms with van der Waals surface area (Å²) in [5.74, 6) is 0. The Bertz CT molecular complexity index is 73.2. The second kappa shape index (κ2) is 0.886. The van der Waals surface area contributed by atoms with Crippen LogP contribution in [0.1, 0.15) is 13.8 Å². The number of hydroxylamine groups is 1. The normalized spacial score (nSPS) is 39.5. The van der Waals surface area contributed by atoms with Gasteiger partial charge in [-0.05, 0) is 13.8 Å². The van der Waals surface area contributed by atoms with Gasteiger partial charge in [0.1, 0.15) is 0 Å². The van der Waals surface area contributed by atoms with E-state index in [-0.39, 0.29) is 5.72 Å². The topological polar surface area (TPSA) is 15.5 Å². The average Bonchev–Trinajstić information content (AvgIpc) is 1.73. The van der Waals surface area contributed by atoms with Crippen molar-refractivity contribution >= 4 is 11.8 Å². The predicted octanol–water partition coefficient (Wildman–Crippen LogP) is 1.12. The van der Waals surface area contributed by atoms with Gasteiger partial charge in [0, 0.05) is 11.8 Å². The molecule has 0 aliphatic carbocycles. The molecular formula is C3H6ClNO. The van der Waals surface area contributed by atoms with Crippen molar-refractivity contribution in [1.29, 1.82) is 0 Å². The van der Waals surface area contributed by atoms with Gasteiger partial charge in [0.25, 0.3) is 0 Å². The van der Waals surface area contributed by atoms with Gasteiger partial charge in [0.15, 0.2) is 5.72 Å². The van der Waals surface area contributed by atoms with Gasteiger partial charge in [-0.1, -0.05) is 4.58 Å². The SMILES string of the molecule is CC1(C)ON1Cl. The van der Waals surface area contributed by atoms with Gasteiger partial charge in [-0.2, -0.15) is 0 Å². The van der Waals surface area contributed by atoms with Gasteiger partial charge in [-0.3, -0.25) is 4.84 Å². The second-order valence-electron chi connectivity index (χ2n) is 1.78. The van der Waals surface area contributed by atoms with Crippen molar-refractivity contribution in [3.05, 3.63) is 0 Å². The molecule has 1 aliphatic rings. The average molecular weight is 108 g/mol. The quantitative estimate of drug-likeness (QED) is 0.341. The molecule has 2 nitrogen and oxygen atoms in total. The highest BCUT2D eigenvalue weighted by molar-refractivity contribution is 6.13. The Morgan fingerprint density at radius 1 is 1.67 bits per heavy atom. The second-order valence-corrected chi connectivity index (χ2v) is 2.09. The Morgan fingerprint density at radius 2 is 1.83 bits per heavy atom. The first kappa shape index (κ1) is 4.37. The van der Waals surface area contributed by atoms with E-state index in [1.54, 1.807) is 0 Å². The summed E-state index contributed by atoms with van der Waals surface area (Å²) in [5.41, 5.74) is -0.193. The van der Waals surface area contributed by atoms with Crippen LogP contribution in [0.5, 0.6) is 0 Å². The molecule has 6 heavy (non-hydrogen) atoms. The monoisotopic (exact) mass is 107 g/mol. The van der Waals surface area contributed by atoms with E-state index in [2.05, 4.69) is 0 Å². The lowest BCUT2D eigenvalue weighted by atomic mass is 10.4. The molecule has 0 amide bonds. The molecule has 1 atom stereocenters. The van der Waals surface area contributed by atoms with Crippen molar-refractivity contribution in [2.75, 3.05) is 0 Å². The van der Waals surface area contributed by atoms with E-state index >= 15 is 0 Å². The molecule has 1 rings (SSSR count). The van der Waals surface area contributed by atoms with Gasteiger partial charge < -0.3 is 0 Å². The highest BCUT2D eigenvalue weighted by Gasteiger charge is 2.45. The molecule has 0 aromatic heterocycles. The summed E-state index contributed by atoms with van der Waals surface area (Å²) in [4.78, 5) is 4.70. The van der Waals surface area contributed by atoms with Crippen molar-refractivity contribution in [2.24, 2.45) is 0 Å². The molecule has 1 aliphatic heterocycles. The van der Waals surface area contributed by atoms with E-state index in [1.165, 1.54) is 4.58 Å². The molecule has 0 spiro atoms. The predicted molar refractivity (Wildman–Crippen MR) is 22.9 cm³/mol. The number of nitrogens with zero attached hydrogens (tertiary/aromatic N) is 1. The molecule has 0 radical (unpaired) electrons. The lowest BCUT2D eigenvalue weighted by Gasteiger charge is -1.81. The minimum absolute atomic E-state index is 0.193. The minimum atomic E-state index is -0.193. The molecule has 1 heterocycles. The van der Waals surface area contributed by atoms with E-state index in [1.807, 2.05) is 13.8 Å². The molecule has 0 N–H and O–H groups in total. The maximum Gasteiger partial charge on any atom is 0.177 e. The lowest BCUT2D eigenvalue weighted by molar-refractivity contribution is 0.272. The summed E-state index contributed by atoms with van der Waals surface area (Å²) < 4.78 is 1.28. The Labute approximate surface area is 41.7 Å². The van der Waals surface area contributed by atoms with Crippen molar-refractivity contribution in [3.8, 4) is 0 Å². The summed E-state index contributed by atoms with van der Waals surface area (Å²) in [6.07, 6.45) is 0. The number of halogens is 1. The van der Waals surface area contributed by atoms with Gasteiger partial charge in [-0.25, -0.2) is 0 Å². The van der Waals surface area contributed by atoms with E-state index in [9.17, 15) is 0 Å². The first-order valence-electron chi connectivity index (χ1n) is 1.78. The van der Waals surface area contributed by atoms with Crippen LogP contribution in [-0.2, 0) is 4.84 Å². The molecule has 0 bridgehead atoms. The van der Waals surface area contributed by atoms with Crippen molar-refractivity contribution in [2.45, 2.75) is 19.6 Å². The largest absolute Gasteiger partial charge is 0.255 e. The standard InChI is InChI=1S/C3H6ClNO/c1-3(2)5(4)6-3/h1-2H3. The highest BCUT2D eigenvalue weighted by atomic mass is 35.5. The number of hydrogen-bond donors (Lipinski definition) is 0. The molecule has 0 aromatic rings. The molecule has 0 saturated carbocycles. The maximum absolute atomic E-state index is 5.29. The van der Waals surface area contributed by atoms with Crippen LogP contribution in [-0.4, -0.2) is 10.3 Å². The maximum atomic E-state index is 5.29. The summed E-state index contributed by atoms with van der Waals surface area (Å²) in [6, 6.07) is 0. The van der Waals surface area contributed by atoms with Crippen LogP contribution in [0.3, 0.4) is 0 Å². The van der Waals surface area contributed by atoms with Gasteiger partial charge >= 0.3 is 0 Å². The first-order valence-corrected chi connectivity index (χ1v) is 2.12. The van der Waals surface area contributed by atoms with E-state index in [0.29, 0.717) is 0 Å². The van der Waals surface area contributed by atoms with Crippen LogP contribution in [0.15, 0.2) is 0 Å². The number of rotatable bonds is 0. The third kappa shape index (κ3) is 0.511. The zero-order chi connectivity index (χ0) is 4.78. The molecule has 3 heteroatoms. The highest BCUT2D eigenvalue weighted by Crippen LogP contribution is 2.34. The molecule has 0 aromatic carbocycles. The van der Waals surface area contributed by atoms with Crippen molar-refractivity contribution in [1.82, 2.24) is 4.58 Å². The Morgan fingerprint density at radius 3 is 1.83 bits per heavy atom. The van der Waals surface area contributed by atoms with Gasteiger partial charge in [0.2, 0.25) is 0 Å². The van der Waals surface area contributed by atoms with Crippen LogP contribution in [0.4, 0.5) is 0 Å². The Hall–Kier alpha value is 0.210. The van der Waals surface area contributed by atoms with Crippen molar-refractivity contribution in [3.63, 3.8) is 0 Å². The van der Waals surface area contributed by atoms with Crippen LogP contribution in [0.2, 0.25) is 0 Å². The Balaban J connectivity index is 2.41. The fourth-order valence-electron chi connectivity index (χ4n) is 0.176. The zero-order valence-electron chi connectivity index (χ0n) is 3.73. The van der Waals surface area contributed by atoms with Crippen LogP contribution >= 0.6 is 11.8 Å². The van der Waals surface area contributed by atoms with Crippen LogP contribution in [0, 0.1) is 0 Å².